The average molecular weight is 416 g/mol. The van der Waals surface area contributed by atoms with E-state index in [0.29, 0.717) is 30.5 Å². The van der Waals surface area contributed by atoms with E-state index in [4.69, 9.17) is 0 Å². The van der Waals surface area contributed by atoms with Crippen molar-refractivity contribution in [1.29, 1.82) is 0 Å². The van der Waals surface area contributed by atoms with Crippen molar-refractivity contribution in [3.63, 3.8) is 0 Å². The molecule has 0 spiro atoms. The van der Waals surface area contributed by atoms with E-state index < -0.39 is 0 Å². The Morgan fingerprint density at radius 2 is 1.90 bits per heavy atom. The fraction of sp³-hybridized carbons (Fsp3) is 0.524. The molecular formula is C21H29N5O2S. The molecule has 1 saturated heterocycles. The molecule has 156 valence electrons. The molecule has 0 N–H and O–H groups in total. The summed E-state index contributed by atoms with van der Waals surface area (Å²) in [7, 11) is 0. The lowest BCUT2D eigenvalue weighted by Gasteiger charge is -2.40. The van der Waals surface area contributed by atoms with Gasteiger partial charge >= 0.3 is 0 Å². The van der Waals surface area contributed by atoms with Gasteiger partial charge in [0.15, 0.2) is 5.16 Å². The van der Waals surface area contributed by atoms with E-state index in [2.05, 4.69) is 10.2 Å². The largest absolute Gasteiger partial charge is 0.338 e. The Balaban J connectivity index is 1.64. The van der Waals surface area contributed by atoms with Crippen molar-refractivity contribution in [1.82, 2.24) is 24.6 Å². The average Bonchev–Trinajstić information content (AvgIpc) is 3.06. The molecule has 1 fully saturated rings. The van der Waals surface area contributed by atoms with Crippen molar-refractivity contribution in [2.45, 2.75) is 45.8 Å². The summed E-state index contributed by atoms with van der Waals surface area (Å²) in [6, 6.07) is 8.10. The van der Waals surface area contributed by atoms with E-state index >= 15 is 0 Å². The van der Waals surface area contributed by atoms with Crippen molar-refractivity contribution in [2.75, 3.05) is 25.4 Å². The zero-order chi connectivity index (χ0) is 21.1. The van der Waals surface area contributed by atoms with Gasteiger partial charge in [-0.25, -0.2) is 0 Å². The Hall–Kier alpha value is -2.35. The second kappa shape index (κ2) is 8.98. The molecule has 2 amide bonds. The Morgan fingerprint density at radius 3 is 2.55 bits per heavy atom. The molecule has 1 aliphatic rings. The Labute approximate surface area is 176 Å². The van der Waals surface area contributed by atoms with Gasteiger partial charge in [-0.2, -0.15) is 0 Å². The van der Waals surface area contributed by atoms with Gasteiger partial charge in [0.25, 0.3) is 0 Å². The number of benzene rings is 1. The normalized spacial score (nSPS) is 17.1. The monoisotopic (exact) mass is 415 g/mol. The van der Waals surface area contributed by atoms with Crippen LogP contribution >= 0.6 is 11.8 Å². The van der Waals surface area contributed by atoms with E-state index in [9.17, 15) is 9.59 Å². The first-order valence-corrected chi connectivity index (χ1v) is 11.0. The van der Waals surface area contributed by atoms with Gasteiger partial charge < -0.3 is 9.80 Å². The molecule has 0 radical (unpaired) electrons. The summed E-state index contributed by atoms with van der Waals surface area (Å²) in [4.78, 5) is 28.8. The Kier molecular flexibility index (Phi) is 6.62. The van der Waals surface area contributed by atoms with Gasteiger partial charge in [-0.15, -0.1) is 10.2 Å². The van der Waals surface area contributed by atoms with Gasteiger partial charge in [-0.3, -0.25) is 14.2 Å². The molecule has 0 unspecified atom stereocenters. The van der Waals surface area contributed by atoms with Gasteiger partial charge in [0, 0.05) is 31.6 Å². The van der Waals surface area contributed by atoms with Crippen LogP contribution in [0.25, 0.3) is 5.69 Å². The molecule has 1 aliphatic heterocycles. The number of rotatable bonds is 5. The number of carbonyl (C=O) groups excluding carboxylic acids is 2. The molecular weight excluding hydrogens is 386 g/mol. The van der Waals surface area contributed by atoms with Crippen molar-refractivity contribution in [3.8, 4) is 5.69 Å². The Morgan fingerprint density at radius 1 is 1.17 bits per heavy atom. The summed E-state index contributed by atoms with van der Waals surface area (Å²) in [5.41, 5.74) is 2.16. The molecule has 8 heteroatoms. The van der Waals surface area contributed by atoms with E-state index in [0.717, 1.165) is 17.1 Å². The highest BCUT2D eigenvalue weighted by Crippen LogP contribution is 2.24. The molecule has 2 heterocycles. The smallest absolute Gasteiger partial charge is 0.233 e. The van der Waals surface area contributed by atoms with E-state index in [1.54, 1.807) is 0 Å². The molecule has 7 nitrogen and oxygen atoms in total. The minimum atomic E-state index is -0.0219. The number of hydrogen-bond acceptors (Lipinski definition) is 5. The highest BCUT2D eigenvalue weighted by Gasteiger charge is 2.30. The van der Waals surface area contributed by atoms with Gasteiger partial charge in [-0.1, -0.05) is 43.8 Å². The first kappa shape index (κ1) is 21.4. The lowest BCUT2D eigenvalue weighted by molar-refractivity contribution is -0.143. The van der Waals surface area contributed by atoms with Crippen LogP contribution in [0, 0.1) is 19.8 Å². The number of hydrogen-bond donors (Lipinski definition) is 0. The number of para-hydroxylation sites is 1. The van der Waals surface area contributed by atoms with Gasteiger partial charge in [0.1, 0.15) is 5.82 Å². The van der Waals surface area contributed by atoms with Gasteiger partial charge in [0.05, 0.1) is 11.4 Å². The van der Waals surface area contributed by atoms with E-state index in [1.807, 2.05) is 73.3 Å². The van der Waals surface area contributed by atoms with Crippen LogP contribution in [0.2, 0.25) is 0 Å². The predicted molar refractivity (Wildman–Crippen MR) is 114 cm³/mol. The fourth-order valence-corrected chi connectivity index (χ4v) is 4.48. The maximum Gasteiger partial charge on any atom is 0.233 e. The Bertz CT molecular complexity index is 895. The molecule has 1 aromatic carbocycles. The highest BCUT2D eigenvalue weighted by molar-refractivity contribution is 7.99. The standard InChI is InChI=1S/C21H29N5O2S/c1-14(2)20(28)25-11-10-24(12-16(25)4)19(27)13-29-21-23-22-17(5)26(21)18-9-7-6-8-15(18)3/h6-9,14,16H,10-13H2,1-5H3/t16-/m1/s1. The molecule has 0 aliphatic carbocycles. The minimum absolute atomic E-state index is 0.0219. The number of carbonyl (C=O) groups is 2. The summed E-state index contributed by atoms with van der Waals surface area (Å²) in [5.74, 6) is 1.29. The van der Waals surface area contributed by atoms with Crippen LogP contribution in [0.3, 0.4) is 0 Å². The first-order chi connectivity index (χ1) is 13.8. The van der Waals surface area contributed by atoms with Crippen LogP contribution < -0.4 is 0 Å². The number of nitrogens with zero attached hydrogens (tertiary/aromatic N) is 5. The third-order valence-corrected chi connectivity index (χ3v) is 6.15. The third kappa shape index (κ3) is 4.63. The van der Waals surface area contributed by atoms with Crippen LogP contribution in [0.1, 0.15) is 32.2 Å². The van der Waals surface area contributed by atoms with Crippen LogP contribution in [0.4, 0.5) is 0 Å². The molecule has 0 bridgehead atoms. The summed E-state index contributed by atoms with van der Waals surface area (Å²) >= 11 is 1.40. The van der Waals surface area contributed by atoms with Crippen LogP contribution in [0.15, 0.2) is 29.4 Å². The van der Waals surface area contributed by atoms with Crippen molar-refractivity contribution < 1.29 is 9.59 Å². The summed E-state index contributed by atoms with van der Waals surface area (Å²) in [6.07, 6.45) is 0. The second-order valence-electron chi connectivity index (χ2n) is 7.82. The maximum atomic E-state index is 12.8. The fourth-order valence-electron chi connectivity index (χ4n) is 3.59. The quantitative estimate of drug-likeness (QED) is 0.702. The zero-order valence-electron chi connectivity index (χ0n) is 17.8. The zero-order valence-corrected chi connectivity index (χ0v) is 18.6. The SMILES string of the molecule is Cc1ccccc1-n1c(C)nnc1SCC(=O)N1CCN(C(=O)C(C)C)[C@H](C)C1. The summed E-state index contributed by atoms with van der Waals surface area (Å²) in [6.45, 7) is 11.5. The van der Waals surface area contributed by atoms with Gasteiger partial charge in [0.2, 0.25) is 11.8 Å². The number of aryl methyl sites for hydroxylation is 2. The molecule has 3 rings (SSSR count). The molecule has 1 atom stereocenters. The molecule has 2 aromatic rings. The first-order valence-electron chi connectivity index (χ1n) is 9.98. The van der Waals surface area contributed by atoms with E-state index in [-0.39, 0.29) is 23.8 Å². The topological polar surface area (TPSA) is 71.3 Å². The molecule has 1 aromatic heterocycles. The number of aromatic nitrogens is 3. The van der Waals surface area contributed by atoms with Crippen LogP contribution in [-0.2, 0) is 9.59 Å². The number of piperazine rings is 1. The van der Waals surface area contributed by atoms with Crippen molar-refractivity contribution >= 4 is 23.6 Å². The lowest BCUT2D eigenvalue weighted by Crippen LogP contribution is -2.56. The lowest BCUT2D eigenvalue weighted by atomic mass is 10.1. The third-order valence-electron chi connectivity index (χ3n) is 5.23. The predicted octanol–water partition coefficient (Wildman–Crippen LogP) is 2.69. The summed E-state index contributed by atoms with van der Waals surface area (Å²) in [5, 5.41) is 9.19. The second-order valence-corrected chi connectivity index (χ2v) is 8.76. The molecule has 0 saturated carbocycles. The highest BCUT2D eigenvalue weighted by atomic mass is 32.2. The molecule has 29 heavy (non-hydrogen) atoms. The minimum Gasteiger partial charge on any atom is -0.338 e. The van der Waals surface area contributed by atoms with Crippen molar-refractivity contribution in [2.24, 2.45) is 5.92 Å². The van der Waals surface area contributed by atoms with Gasteiger partial charge in [-0.05, 0) is 32.4 Å². The van der Waals surface area contributed by atoms with E-state index in [1.165, 1.54) is 11.8 Å². The summed E-state index contributed by atoms with van der Waals surface area (Å²) < 4.78 is 2.00. The number of amides is 2. The number of thioether (sulfide) groups is 1. The van der Waals surface area contributed by atoms with Crippen molar-refractivity contribution in [3.05, 3.63) is 35.7 Å². The van der Waals surface area contributed by atoms with Crippen LogP contribution in [-0.4, -0.2) is 67.8 Å². The maximum absolute atomic E-state index is 12.8. The van der Waals surface area contributed by atoms with Crippen LogP contribution in [0.5, 0.6) is 0 Å².